The van der Waals surface area contributed by atoms with E-state index in [0.717, 1.165) is 13.0 Å². The first kappa shape index (κ1) is 11.5. The molecule has 0 fully saturated rings. The Morgan fingerprint density at radius 1 is 1.42 bits per heavy atom. The van der Waals surface area contributed by atoms with E-state index in [1.165, 1.54) is 0 Å². The highest BCUT2D eigenvalue weighted by Gasteiger charge is 2.30. The van der Waals surface area contributed by atoms with Crippen molar-refractivity contribution in [1.29, 1.82) is 0 Å². The lowest BCUT2D eigenvalue weighted by Crippen LogP contribution is -2.40. The average Bonchev–Trinajstić information content (AvgIpc) is 1.99. The Labute approximate surface area is 75.7 Å². The van der Waals surface area contributed by atoms with Crippen LogP contribution in [0.3, 0.4) is 0 Å². The summed E-state index contributed by atoms with van der Waals surface area (Å²) in [6, 6.07) is 0. The summed E-state index contributed by atoms with van der Waals surface area (Å²) in [4.78, 5) is 11.6. The van der Waals surface area contributed by atoms with Crippen LogP contribution in [0.2, 0.25) is 0 Å². The second-order valence-electron chi connectivity index (χ2n) is 4.13. The number of hydrogen-bond acceptors (Lipinski definition) is 1. The minimum atomic E-state index is -0.241. The molecular formula is C10H21NO. The molecule has 0 unspecified atom stereocenters. The molecule has 72 valence electrons. The fourth-order valence-electron chi connectivity index (χ4n) is 0.729. The van der Waals surface area contributed by atoms with Gasteiger partial charge in [-0.3, -0.25) is 4.79 Å². The fraction of sp³-hybridized carbons (Fsp3) is 0.900. The Morgan fingerprint density at radius 3 is 2.25 bits per heavy atom. The largest absolute Gasteiger partial charge is 0.356 e. The highest BCUT2D eigenvalue weighted by atomic mass is 16.2. The van der Waals surface area contributed by atoms with Crippen molar-refractivity contribution >= 4 is 5.91 Å². The summed E-state index contributed by atoms with van der Waals surface area (Å²) in [7, 11) is 0. The maximum absolute atomic E-state index is 11.6. The van der Waals surface area contributed by atoms with Crippen molar-refractivity contribution in [3.63, 3.8) is 0 Å². The third-order valence-corrected chi connectivity index (χ3v) is 2.56. The van der Waals surface area contributed by atoms with Crippen LogP contribution in [0.1, 0.15) is 41.0 Å². The Kier molecular flexibility index (Phi) is 4.29. The van der Waals surface area contributed by atoms with E-state index in [1.54, 1.807) is 0 Å². The van der Waals surface area contributed by atoms with Gasteiger partial charge in [0.1, 0.15) is 0 Å². The van der Waals surface area contributed by atoms with Crippen molar-refractivity contribution in [3.8, 4) is 0 Å². The standard InChI is InChI=1S/C10H21NO/c1-6-7-11-9(12)10(4,5)8(2)3/h8H,6-7H2,1-5H3,(H,11,12). The second kappa shape index (κ2) is 4.48. The summed E-state index contributed by atoms with van der Waals surface area (Å²) in [5.74, 6) is 0.550. The molecule has 0 aromatic rings. The molecule has 1 amide bonds. The van der Waals surface area contributed by atoms with Gasteiger partial charge >= 0.3 is 0 Å². The molecule has 0 aromatic heterocycles. The van der Waals surface area contributed by atoms with E-state index in [2.05, 4.69) is 26.1 Å². The van der Waals surface area contributed by atoms with Crippen LogP contribution in [0.15, 0.2) is 0 Å². The summed E-state index contributed by atoms with van der Waals surface area (Å²) in [6.45, 7) is 11.0. The molecule has 12 heavy (non-hydrogen) atoms. The summed E-state index contributed by atoms with van der Waals surface area (Å²) in [5.41, 5.74) is -0.241. The van der Waals surface area contributed by atoms with Crippen molar-refractivity contribution in [2.45, 2.75) is 41.0 Å². The van der Waals surface area contributed by atoms with Crippen LogP contribution in [0.25, 0.3) is 0 Å². The first-order valence-electron chi connectivity index (χ1n) is 4.71. The molecule has 0 radical (unpaired) electrons. The zero-order valence-electron chi connectivity index (χ0n) is 8.90. The third-order valence-electron chi connectivity index (χ3n) is 2.56. The predicted molar refractivity (Wildman–Crippen MR) is 51.9 cm³/mol. The van der Waals surface area contributed by atoms with Crippen molar-refractivity contribution in [3.05, 3.63) is 0 Å². The lowest BCUT2D eigenvalue weighted by Gasteiger charge is -2.27. The molecule has 0 aliphatic carbocycles. The molecule has 0 heterocycles. The number of carbonyl (C=O) groups excluding carboxylic acids is 1. The van der Waals surface area contributed by atoms with E-state index in [-0.39, 0.29) is 11.3 Å². The van der Waals surface area contributed by atoms with Crippen molar-refractivity contribution < 1.29 is 4.79 Å². The lowest BCUT2D eigenvalue weighted by atomic mass is 9.80. The highest BCUT2D eigenvalue weighted by Crippen LogP contribution is 2.25. The molecule has 1 N–H and O–H groups in total. The second-order valence-corrected chi connectivity index (χ2v) is 4.13. The van der Waals surface area contributed by atoms with Gasteiger partial charge in [-0.2, -0.15) is 0 Å². The van der Waals surface area contributed by atoms with E-state index in [1.807, 2.05) is 13.8 Å². The fourth-order valence-corrected chi connectivity index (χ4v) is 0.729. The SMILES string of the molecule is CCCNC(=O)C(C)(C)C(C)C. The van der Waals surface area contributed by atoms with Gasteiger partial charge in [-0.1, -0.05) is 34.6 Å². The molecule has 0 spiro atoms. The number of rotatable bonds is 4. The van der Waals surface area contributed by atoms with Crippen LogP contribution in [0.5, 0.6) is 0 Å². The molecular weight excluding hydrogens is 150 g/mol. The van der Waals surface area contributed by atoms with Crippen molar-refractivity contribution in [2.75, 3.05) is 6.54 Å². The van der Waals surface area contributed by atoms with Gasteiger partial charge < -0.3 is 5.32 Å². The molecule has 0 bridgehead atoms. The maximum Gasteiger partial charge on any atom is 0.225 e. The number of amides is 1. The molecule has 2 heteroatoms. The minimum absolute atomic E-state index is 0.166. The van der Waals surface area contributed by atoms with E-state index >= 15 is 0 Å². The Morgan fingerprint density at radius 2 is 1.92 bits per heavy atom. The van der Waals surface area contributed by atoms with Crippen LogP contribution >= 0.6 is 0 Å². The quantitative estimate of drug-likeness (QED) is 0.690. The van der Waals surface area contributed by atoms with Crippen molar-refractivity contribution in [1.82, 2.24) is 5.32 Å². The molecule has 0 aromatic carbocycles. The Balaban J connectivity index is 4.07. The molecule has 0 aliphatic rings. The van der Waals surface area contributed by atoms with Gasteiger partial charge in [-0.15, -0.1) is 0 Å². The van der Waals surface area contributed by atoms with Crippen LogP contribution in [-0.4, -0.2) is 12.5 Å². The van der Waals surface area contributed by atoms with E-state index in [4.69, 9.17) is 0 Å². The lowest BCUT2D eigenvalue weighted by molar-refractivity contribution is -0.131. The Bertz CT molecular complexity index is 150. The highest BCUT2D eigenvalue weighted by molar-refractivity contribution is 5.81. The monoisotopic (exact) mass is 171 g/mol. The molecule has 0 atom stereocenters. The zero-order chi connectivity index (χ0) is 9.78. The predicted octanol–water partition coefficient (Wildman–Crippen LogP) is 2.19. The topological polar surface area (TPSA) is 29.1 Å². The summed E-state index contributed by atoms with van der Waals surface area (Å²) in [5, 5.41) is 2.92. The van der Waals surface area contributed by atoms with Crippen LogP contribution in [0.4, 0.5) is 0 Å². The molecule has 0 saturated carbocycles. The number of hydrogen-bond donors (Lipinski definition) is 1. The van der Waals surface area contributed by atoms with Crippen LogP contribution < -0.4 is 5.32 Å². The van der Waals surface area contributed by atoms with Gasteiger partial charge in [0.2, 0.25) is 5.91 Å². The maximum atomic E-state index is 11.6. The number of nitrogens with one attached hydrogen (secondary N) is 1. The molecule has 0 rings (SSSR count). The van der Waals surface area contributed by atoms with Gasteiger partial charge in [-0.05, 0) is 12.3 Å². The van der Waals surface area contributed by atoms with E-state index < -0.39 is 0 Å². The van der Waals surface area contributed by atoms with Gasteiger partial charge in [0.25, 0.3) is 0 Å². The zero-order valence-corrected chi connectivity index (χ0v) is 8.90. The Hall–Kier alpha value is -0.530. The van der Waals surface area contributed by atoms with Gasteiger partial charge in [0.15, 0.2) is 0 Å². The molecule has 0 aliphatic heterocycles. The van der Waals surface area contributed by atoms with Gasteiger partial charge in [-0.25, -0.2) is 0 Å². The first-order valence-corrected chi connectivity index (χ1v) is 4.71. The van der Waals surface area contributed by atoms with E-state index in [0.29, 0.717) is 5.92 Å². The summed E-state index contributed by atoms with van der Waals surface area (Å²) in [6.07, 6.45) is 1.000. The smallest absolute Gasteiger partial charge is 0.225 e. The van der Waals surface area contributed by atoms with Crippen LogP contribution in [-0.2, 0) is 4.79 Å². The first-order chi connectivity index (χ1) is 5.42. The van der Waals surface area contributed by atoms with Gasteiger partial charge in [0.05, 0.1) is 0 Å². The number of carbonyl (C=O) groups is 1. The average molecular weight is 171 g/mol. The summed E-state index contributed by atoms with van der Waals surface area (Å²) >= 11 is 0. The third kappa shape index (κ3) is 2.84. The normalized spacial score (nSPS) is 11.8. The van der Waals surface area contributed by atoms with Crippen molar-refractivity contribution in [2.24, 2.45) is 11.3 Å². The van der Waals surface area contributed by atoms with E-state index in [9.17, 15) is 4.79 Å². The van der Waals surface area contributed by atoms with Gasteiger partial charge in [0, 0.05) is 12.0 Å². The minimum Gasteiger partial charge on any atom is -0.356 e. The molecule has 2 nitrogen and oxygen atoms in total. The van der Waals surface area contributed by atoms with Crippen LogP contribution in [0, 0.1) is 11.3 Å². The molecule has 0 saturated heterocycles. The summed E-state index contributed by atoms with van der Waals surface area (Å²) < 4.78 is 0.